The Balaban J connectivity index is 2.00. The number of aromatic nitrogens is 2. The van der Waals surface area contributed by atoms with Crippen LogP contribution in [0.1, 0.15) is 52.3 Å². The van der Waals surface area contributed by atoms with Crippen LogP contribution in [-0.4, -0.2) is 44.5 Å². The first-order valence-electron chi connectivity index (χ1n) is 7.38. The van der Waals surface area contributed by atoms with Gasteiger partial charge in [0.1, 0.15) is 0 Å². The lowest BCUT2D eigenvalue weighted by atomic mass is 9.92. The topological polar surface area (TPSA) is 41.3 Å². The van der Waals surface area contributed by atoms with E-state index in [1.807, 2.05) is 16.9 Å². The lowest BCUT2D eigenvalue weighted by Crippen LogP contribution is -2.52. The second-order valence-corrected chi connectivity index (χ2v) is 6.45. The van der Waals surface area contributed by atoms with Gasteiger partial charge in [-0.3, -0.25) is 9.58 Å². The Kier molecular flexibility index (Phi) is 4.31. The maximum atomic E-state index is 10.5. The van der Waals surface area contributed by atoms with Crippen LogP contribution in [0.3, 0.4) is 0 Å². The fourth-order valence-electron chi connectivity index (χ4n) is 2.73. The summed E-state index contributed by atoms with van der Waals surface area (Å²) in [6, 6.07) is 2.39. The number of aliphatic hydroxyl groups is 1. The van der Waals surface area contributed by atoms with Gasteiger partial charge >= 0.3 is 0 Å². The highest BCUT2D eigenvalue weighted by Crippen LogP contribution is 2.26. The van der Waals surface area contributed by atoms with Gasteiger partial charge in [-0.2, -0.15) is 5.10 Å². The van der Waals surface area contributed by atoms with Gasteiger partial charge in [0, 0.05) is 24.2 Å². The van der Waals surface area contributed by atoms with Gasteiger partial charge in [-0.1, -0.05) is 0 Å². The van der Waals surface area contributed by atoms with E-state index in [4.69, 9.17) is 0 Å². The molecular formula is C15H27N3O. The molecule has 0 aliphatic carbocycles. The summed E-state index contributed by atoms with van der Waals surface area (Å²) >= 11 is 0. The molecule has 1 atom stereocenters. The van der Waals surface area contributed by atoms with Crippen LogP contribution in [0, 0.1) is 0 Å². The minimum Gasteiger partial charge on any atom is -0.391 e. The van der Waals surface area contributed by atoms with Crippen LogP contribution in [0.25, 0.3) is 0 Å². The molecule has 0 spiro atoms. The summed E-state index contributed by atoms with van der Waals surface area (Å²) in [6.45, 7) is 10.7. The first-order chi connectivity index (χ1) is 8.91. The zero-order chi connectivity index (χ0) is 14.0. The van der Waals surface area contributed by atoms with Crippen LogP contribution >= 0.6 is 0 Å². The third-order valence-electron chi connectivity index (χ3n) is 4.33. The van der Waals surface area contributed by atoms with Crippen molar-refractivity contribution in [1.29, 1.82) is 0 Å². The predicted octanol–water partition coefficient (Wildman–Crippen LogP) is 2.24. The fraction of sp³-hybridized carbons (Fsp3) is 0.800. The fourth-order valence-corrected chi connectivity index (χ4v) is 2.73. The van der Waals surface area contributed by atoms with Crippen LogP contribution in [0.5, 0.6) is 0 Å². The minimum absolute atomic E-state index is 0.169. The quantitative estimate of drug-likeness (QED) is 0.887. The summed E-state index contributed by atoms with van der Waals surface area (Å²) in [5.74, 6) is 0. The molecule has 0 bridgehead atoms. The Morgan fingerprint density at radius 2 is 1.95 bits per heavy atom. The molecule has 1 aromatic heterocycles. The zero-order valence-electron chi connectivity index (χ0n) is 12.6. The predicted molar refractivity (Wildman–Crippen MR) is 77.2 cm³/mol. The van der Waals surface area contributed by atoms with Gasteiger partial charge in [0.05, 0.1) is 11.8 Å². The van der Waals surface area contributed by atoms with Crippen LogP contribution in [0.2, 0.25) is 0 Å². The number of nitrogens with zero attached hydrogens (tertiary/aromatic N) is 3. The Hall–Kier alpha value is -0.870. The lowest BCUT2D eigenvalue weighted by Gasteiger charge is -2.39. The molecule has 1 aliphatic heterocycles. The molecule has 1 aliphatic rings. The Bertz CT molecular complexity index is 405. The molecule has 1 saturated heterocycles. The Labute approximate surface area is 116 Å². The van der Waals surface area contributed by atoms with Crippen molar-refractivity contribution in [2.75, 3.05) is 13.1 Å². The molecule has 2 rings (SSSR count). The van der Waals surface area contributed by atoms with Crippen LogP contribution < -0.4 is 0 Å². The maximum Gasteiger partial charge on any atom is 0.0774 e. The Morgan fingerprint density at radius 1 is 1.32 bits per heavy atom. The van der Waals surface area contributed by atoms with Crippen molar-refractivity contribution in [3.63, 3.8) is 0 Å². The van der Waals surface area contributed by atoms with Gasteiger partial charge < -0.3 is 5.11 Å². The molecular weight excluding hydrogens is 238 g/mol. The largest absolute Gasteiger partial charge is 0.391 e. The molecule has 4 nitrogen and oxygen atoms in total. The molecule has 1 fully saturated rings. The molecule has 108 valence electrons. The van der Waals surface area contributed by atoms with E-state index in [0.29, 0.717) is 12.5 Å². The highest BCUT2D eigenvalue weighted by molar-refractivity contribution is 5.05. The van der Waals surface area contributed by atoms with Crippen LogP contribution in [-0.2, 0) is 6.42 Å². The van der Waals surface area contributed by atoms with E-state index in [9.17, 15) is 5.11 Å². The maximum absolute atomic E-state index is 10.5. The molecule has 1 aromatic rings. The van der Waals surface area contributed by atoms with Crippen molar-refractivity contribution >= 4 is 0 Å². The minimum atomic E-state index is -0.374. The van der Waals surface area contributed by atoms with Crippen molar-refractivity contribution < 1.29 is 5.11 Å². The lowest BCUT2D eigenvalue weighted by molar-refractivity contribution is 0.00276. The van der Waals surface area contributed by atoms with Crippen LogP contribution in [0.4, 0.5) is 0 Å². The first-order valence-corrected chi connectivity index (χ1v) is 7.38. The second-order valence-electron chi connectivity index (χ2n) is 6.45. The molecule has 0 aromatic carbocycles. The average Bonchev–Trinajstić information content (AvgIpc) is 2.99. The van der Waals surface area contributed by atoms with Gasteiger partial charge in [0.15, 0.2) is 0 Å². The number of likely N-dealkylation sites (tertiary alicyclic amines) is 1. The molecule has 2 heterocycles. The van der Waals surface area contributed by atoms with E-state index < -0.39 is 0 Å². The summed E-state index contributed by atoms with van der Waals surface area (Å²) in [4.78, 5) is 2.40. The highest BCUT2D eigenvalue weighted by atomic mass is 16.3. The SMILES string of the molecule is CC(C)n1ccc(CC(O)C(C)(C)N2CCCC2)n1. The number of rotatable bonds is 5. The molecule has 19 heavy (non-hydrogen) atoms. The van der Waals surface area contributed by atoms with E-state index in [2.05, 4.69) is 37.7 Å². The summed E-state index contributed by atoms with van der Waals surface area (Å²) in [5, 5.41) is 15.1. The third-order valence-corrected chi connectivity index (χ3v) is 4.33. The van der Waals surface area contributed by atoms with E-state index in [-0.39, 0.29) is 11.6 Å². The summed E-state index contributed by atoms with van der Waals surface area (Å²) in [7, 11) is 0. The van der Waals surface area contributed by atoms with Crippen molar-refractivity contribution in [3.8, 4) is 0 Å². The van der Waals surface area contributed by atoms with Gasteiger partial charge in [-0.05, 0) is 59.7 Å². The molecule has 4 heteroatoms. The number of hydrogen-bond acceptors (Lipinski definition) is 3. The summed E-state index contributed by atoms with van der Waals surface area (Å²) in [5.41, 5.74) is 0.812. The normalized spacial score (nSPS) is 19.3. The molecule has 1 N–H and O–H groups in total. The van der Waals surface area contributed by atoms with E-state index >= 15 is 0 Å². The van der Waals surface area contributed by atoms with Gasteiger partial charge in [-0.15, -0.1) is 0 Å². The van der Waals surface area contributed by atoms with Crippen LogP contribution in [0.15, 0.2) is 12.3 Å². The van der Waals surface area contributed by atoms with Gasteiger partial charge in [0.25, 0.3) is 0 Å². The van der Waals surface area contributed by atoms with Crippen molar-refractivity contribution in [1.82, 2.24) is 14.7 Å². The number of aliphatic hydroxyl groups excluding tert-OH is 1. The molecule has 0 amide bonds. The zero-order valence-corrected chi connectivity index (χ0v) is 12.6. The second kappa shape index (κ2) is 5.63. The number of hydrogen-bond donors (Lipinski definition) is 1. The highest BCUT2D eigenvalue weighted by Gasteiger charge is 2.35. The molecule has 0 saturated carbocycles. The monoisotopic (exact) mass is 265 g/mol. The summed E-state index contributed by atoms with van der Waals surface area (Å²) in [6.07, 6.45) is 4.75. The molecule has 1 unspecified atom stereocenters. The molecule has 0 radical (unpaired) electrons. The summed E-state index contributed by atoms with van der Waals surface area (Å²) < 4.78 is 1.95. The van der Waals surface area contributed by atoms with Crippen molar-refractivity contribution in [3.05, 3.63) is 18.0 Å². The van der Waals surface area contributed by atoms with E-state index in [1.54, 1.807) is 0 Å². The smallest absolute Gasteiger partial charge is 0.0774 e. The van der Waals surface area contributed by atoms with Crippen molar-refractivity contribution in [2.24, 2.45) is 0 Å². The first kappa shape index (κ1) is 14.5. The van der Waals surface area contributed by atoms with Gasteiger partial charge in [-0.25, -0.2) is 0 Å². The van der Waals surface area contributed by atoms with Crippen molar-refractivity contribution in [2.45, 2.75) is 64.6 Å². The Morgan fingerprint density at radius 3 is 2.47 bits per heavy atom. The average molecular weight is 265 g/mol. The van der Waals surface area contributed by atoms with E-state index in [1.165, 1.54) is 12.8 Å². The van der Waals surface area contributed by atoms with E-state index in [0.717, 1.165) is 18.8 Å². The third kappa shape index (κ3) is 3.18. The van der Waals surface area contributed by atoms with Gasteiger partial charge in [0.2, 0.25) is 0 Å². The standard InChI is InChI=1S/C15H27N3O/c1-12(2)18-10-7-13(16-18)11-14(19)15(3,4)17-8-5-6-9-17/h7,10,12,14,19H,5-6,8-9,11H2,1-4H3.